The summed E-state index contributed by atoms with van der Waals surface area (Å²) in [4.78, 5) is 12.4. The molecule has 1 aromatic heterocycles. The van der Waals surface area contributed by atoms with E-state index in [1.165, 1.54) is 36.0 Å². The average molecular weight is 305 g/mol. The van der Waals surface area contributed by atoms with E-state index in [9.17, 15) is 9.18 Å². The van der Waals surface area contributed by atoms with Gasteiger partial charge in [0.1, 0.15) is 11.6 Å². The van der Waals surface area contributed by atoms with Gasteiger partial charge in [0.15, 0.2) is 10.9 Å². The lowest BCUT2D eigenvalue weighted by atomic mass is 10.1. The van der Waals surface area contributed by atoms with Crippen LogP contribution in [0.2, 0.25) is 0 Å². The fraction of sp³-hybridized carbons (Fsp3) is 0.400. The molecular formula is C15H16FN3OS. The van der Waals surface area contributed by atoms with Crippen molar-refractivity contribution in [3.63, 3.8) is 0 Å². The maximum atomic E-state index is 12.9. The highest BCUT2D eigenvalue weighted by Gasteiger charge is 2.30. The van der Waals surface area contributed by atoms with Gasteiger partial charge in [-0.05, 0) is 51.0 Å². The molecule has 0 unspecified atom stereocenters. The van der Waals surface area contributed by atoms with Crippen LogP contribution in [0.4, 0.5) is 4.39 Å². The van der Waals surface area contributed by atoms with Crippen LogP contribution in [-0.2, 0) is 0 Å². The first-order chi connectivity index (χ1) is 10.1. The highest BCUT2D eigenvalue weighted by Crippen LogP contribution is 2.39. The summed E-state index contributed by atoms with van der Waals surface area (Å²) in [7, 11) is 0. The second-order valence-corrected chi connectivity index (χ2v) is 6.57. The van der Waals surface area contributed by atoms with Gasteiger partial charge in [-0.2, -0.15) is 0 Å². The summed E-state index contributed by atoms with van der Waals surface area (Å²) in [6.07, 6.45) is 2.29. The Kier molecular flexibility index (Phi) is 3.80. The van der Waals surface area contributed by atoms with E-state index < -0.39 is 0 Å². The fourth-order valence-corrected chi connectivity index (χ4v) is 3.29. The summed E-state index contributed by atoms with van der Waals surface area (Å²) < 4.78 is 15.0. The summed E-state index contributed by atoms with van der Waals surface area (Å²) in [5.74, 6) is 0.528. The third-order valence-electron chi connectivity index (χ3n) is 3.53. The van der Waals surface area contributed by atoms with Crippen LogP contribution < -0.4 is 0 Å². The number of halogens is 1. The molecule has 0 spiro atoms. The minimum Gasteiger partial charge on any atom is -0.303 e. The van der Waals surface area contributed by atoms with E-state index >= 15 is 0 Å². The number of ketones is 1. The van der Waals surface area contributed by atoms with Gasteiger partial charge >= 0.3 is 0 Å². The van der Waals surface area contributed by atoms with Crippen molar-refractivity contribution in [1.29, 1.82) is 0 Å². The monoisotopic (exact) mass is 305 g/mol. The van der Waals surface area contributed by atoms with Crippen LogP contribution >= 0.6 is 11.8 Å². The predicted molar refractivity (Wildman–Crippen MR) is 79.1 cm³/mol. The Morgan fingerprint density at radius 3 is 2.62 bits per heavy atom. The van der Waals surface area contributed by atoms with Crippen molar-refractivity contribution in [2.75, 3.05) is 0 Å². The quantitative estimate of drug-likeness (QED) is 0.627. The fourth-order valence-electron chi connectivity index (χ4n) is 2.24. The van der Waals surface area contributed by atoms with Crippen molar-refractivity contribution in [2.24, 2.45) is 0 Å². The van der Waals surface area contributed by atoms with Crippen molar-refractivity contribution in [3.8, 4) is 0 Å². The molecule has 6 heteroatoms. The highest BCUT2D eigenvalue weighted by atomic mass is 32.2. The maximum absolute atomic E-state index is 12.9. The van der Waals surface area contributed by atoms with Gasteiger partial charge in [0.2, 0.25) is 0 Å². The first-order valence-corrected chi connectivity index (χ1v) is 7.82. The van der Waals surface area contributed by atoms with E-state index in [-0.39, 0.29) is 16.9 Å². The van der Waals surface area contributed by atoms with Crippen LogP contribution in [0, 0.1) is 12.7 Å². The minimum atomic E-state index is -0.337. The maximum Gasteiger partial charge on any atom is 0.192 e. The molecule has 3 rings (SSSR count). The van der Waals surface area contributed by atoms with Crippen molar-refractivity contribution in [1.82, 2.24) is 14.8 Å². The number of nitrogens with zero attached hydrogens (tertiary/aromatic N) is 3. The van der Waals surface area contributed by atoms with Gasteiger partial charge in [-0.25, -0.2) is 4.39 Å². The number of thioether (sulfide) groups is 1. The summed E-state index contributed by atoms with van der Waals surface area (Å²) in [6.45, 7) is 3.78. The van der Waals surface area contributed by atoms with Gasteiger partial charge in [-0.15, -0.1) is 10.2 Å². The molecule has 0 N–H and O–H groups in total. The lowest BCUT2D eigenvalue weighted by Gasteiger charge is -2.11. The molecule has 110 valence electrons. The van der Waals surface area contributed by atoms with Gasteiger partial charge in [-0.1, -0.05) is 11.8 Å². The Labute approximate surface area is 126 Å². The normalized spacial score (nSPS) is 16.0. The molecule has 0 aliphatic heterocycles. The number of aromatic nitrogens is 3. The molecule has 1 aliphatic rings. The van der Waals surface area contributed by atoms with Crippen molar-refractivity contribution in [3.05, 3.63) is 41.5 Å². The van der Waals surface area contributed by atoms with E-state index in [2.05, 4.69) is 14.8 Å². The topological polar surface area (TPSA) is 47.8 Å². The van der Waals surface area contributed by atoms with Crippen LogP contribution in [0.15, 0.2) is 29.4 Å². The molecule has 1 atom stereocenters. The molecule has 2 aromatic rings. The van der Waals surface area contributed by atoms with Crippen LogP contribution in [0.5, 0.6) is 0 Å². The van der Waals surface area contributed by atoms with Crippen LogP contribution in [0.3, 0.4) is 0 Å². The average Bonchev–Trinajstić information content (AvgIpc) is 3.24. The zero-order chi connectivity index (χ0) is 15.0. The number of rotatable bonds is 5. The number of Topliss-reactive ketones (excluding diaryl/α,β-unsaturated/α-hetero) is 1. The second kappa shape index (κ2) is 5.60. The smallest absolute Gasteiger partial charge is 0.192 e. The molecular weight excluding hydrogens is 289 g/mol. The number of hydrogen-bond donors (Lipinski definition) is 0. The number of carbonyl (C=O) groups is 1. The Morgan fingerprint density at radius 1 is 1.33 bits per heavy atom. The van der Waals surface area contributed by atoms with E-state index in [1.807, 2.05) is 13.8 Å². The summed E-state index contributed by atoms with van der Waals surface area (Å²) in [6, 6.07) is 6.13. The SMILES string of the molecule is Cc1nnc(S[C@@H](C)C(=O)c2ccc(F)cc2)n1C1CC1. The Hall–Kier alpha value is -1.69. The Morgan fingerprint density at radius 2 is 2.00 bits per heavy atom. The van der Waals surface area contributed by atoms with Gasteiger partial charge in [0.05, 0.1) is 5.25 Å². The number of benzene rings is 1. The van der Waals surface area contributed by atoms with E-state index in [1.54, 1.807) is 0 Å². The molecule has 0 radical (unpaired) electrons. The first-order valence-electron chi connectivity index (χ1n) is 6.94. The summed E-state index contributed by atoms with van der Waals surface area (Å²) in [5, 5.41) is 8.79. The lowest BCUT2D eigenvalue weighted by molar-refractivity contribution is 0.0994. The number of aryl methyl sites for hydroxylation is 1. The summed E-state index contributed by atoms with van der Waals surface area (Å²) in [5.41, 5.74) is 0.519. The first kappa shape index (κ1) is 14.3. The van der Waals surface area contributed by atoms with Gasteiger partial charge in [-0.3, -0.25) is 4.79 Å². The molecule has 1 heterocycles. The molecule has 4 nitrogen and oxygen atoms in total. The van der Waals surface area contributed by atoms with Gasteiger partial charge in [0.25, 0.3) is 0 Å². The standard InChI is InChI=1S/C15H16FN3OS/c1-9(14(20)11-3-5-12(16)6-4-11)21-15-18-17-10(2)19(15)13-7-8-13/h3-6,9,13H,7-8H2,1-2H3/t9-/m0/s1. The van der Waals surface area contributed by atoms with E-state index in [0.29, 0.717) is 11.6 Å². The third-order valence-corrected chi connectivity index (χ3v) is 4.58. The number of carbonyl (C=O) groups excluding carboxylic acids is 1. The zero-order valence-electron chi connectivity index (χ0n) is 11.9. The molecule has 1 fully saturated rings. The van der Waals surface area contributed by atoms with Crippen molar-refractivity contribution >= 4 is 17.5 Å². The molecule has 1 saturated carbocycles. The van der Waals surface area contributed by atoms with Gasteiger partial charge in [0, 0.05) is 11.6 Å². The molecule has 0 bridgehead atoms. The van der Waals surface area contributed by atoms with E-state index in [4.69, 9.17) is 0 Å². The molecule has 0 saturated heterocycles. The summed E-state index contributed by atoms with van der Waals surface area (Å²) >= 11 is 1.41. The van der Waals surface area contributed by atoms with Crippen LogP contribution in [0.25, 0.3) is 0 Å². The van der Waals surface area contributed by atoms with Crippen molar-refractivity contribution < 1.29 is 9.18 Å². The lowest BCUT2D eigenvalue weighted by Crippen LogP contribution is -2.14. The Bertz CT molecular complexity index is 664. The molecule has 21 heavy (non-hydrogen) atoms. The largest absolute Gasteiger partial charge is 0.303 e. The Balaban J connectivity index is 1.75. The molecule has 0 amide bonds. The van der Waals surface area contributed by atoms with Crippen LogP contribution in [0.1, 0.15) is 42.0 Å². The zero-order valence-corrected chi connectivity index (χ0v) is 12.7. The van der Waals surface area contributed by atoms with Crippen molar-refractivity contribution in [2.45, 2.75) is 43.1 Å². The van der Waals surface area contributed by atoms with Gasteiger partial charge < -0.3 is 4.57 Å². The minimum absolute atomic E-state index is 0.0250. The molecule has 1 aliphatic carbocycles. The third kappa shape index (κ3) is 3.00. The second-order valence-electron chi connectivity index (χ2n) is 5.26. The predicted octanol–water partition coefficient (Wildman–Crippen LogP) is 3.42. The number of hydrogen-bond acceptors (Lipinski definition) is 4. The van der Waals surface area contributed by atoms with Crippen LogP contribution in [-0.4, -0.2) is 25.8 Å². The highest BCUT2D eigenvalue weighted by molar-refractivity contribution is 8.00. The van der Waals surface area contributed by atoms with E-state index in [0.717, 1.165) is 23.8 Å². The molecule has 1 aromatic carbocycles.